The van der Waals surface area contributed by atoms with Crippen molar-refractivity contribution in [1.82, 2.24) is 4.90 Å². The van der Waals surface area contributed by atoms with Crippen LogP contribution in [0.5, 0.6) is 0 Å². The largest absolute Gasteiger partial charge is 0.384 e. The van der Waals surface area contributed by atoms with E-state index in [0.29, 0.717) is 5.92 Å². The Labute approximate surface area is 103 Å². The number of nitriles is 1. The van der Waals surface area contributed by atoms with Crippen LogP contribution in [0.3, 0.4) is 0 Å². The number of rotatable bonds is 3. The lowest BCUT2D eigenvalue weighted by Gasteiger charge is -2.37. The number of ether oxygens (including phenoxy) is 1. The molecule has 2 fully saturated rings. The summed E-state index contributed by atoms with van der Waals surface area (Å²) in [4.78, 5) is 13.7. The van der Waals surface area contributed by atoms with Gasteiger partial charge in [0.05, 0.1) is 12.7 Å². The van der Waals surface area contributed by atoms with Gasteiger partial charge in [-0.2, -0.15) is 5.26 Å². The van der Waals surface area contributed by atoms with Gasteiger partial charge in [-0.1, -0.05) is 12.8 Å². The van der Waals surface area contributed by atoms with Crippen molar-refractivity contribution in [3.05, 3.63) is 0 Å². The van der Waals surface area contributed by atoms with Crippen LogP contribution in [0.2, 0.25) is 0 Å². The van der Waals surface area contributed by atoms with Crippen molar-refractivity contribution in [3.8, 4) is 6.07 Å². The second kappa shape index (κ2) is 5.05. The number of fused-ring (bicyclic) bond motifs is 1. The molecule has 1 amide bonds. The van der Waals surface area contributed by atoms with E-state index in [-0.39, 0.29) is 17.7 Å². The summed E-state index contributed by atoms with van der Waals surface area (Å²) < 4.78 is 5.37. The molecule has 0 N–H and O–H groups in total. The van der Waals surface area contributed by atoms with Crippen molar-refractivity contribution in [2.45, 2.75) is 32.1 Å². The van der Waals surface area contributed by atoms with E-state index in [1.165, 1.54) is 19.3 Å². The third-order valence-electron chi connectivity index (χ3n) is 4.30. The lowest BCUT2D eigenvalue weighted by atomic mass is 9.69. The molecule has 4 nitrogen and oxygen atoms in total. The van der Waals surface area contributed by atoms with E-state index in [2.05, 4.69) is 0 Å². The molecule has 1 aliphatic carbocycles. The molecule has 1 saturated heterocycles. The zero-order chi connectivity index (χ0) is 12.3. The van der Waals surface area contributed by atoms with E-state index in [0.717, 1.165) is 26.1 Å². The molecule has 17 heavy (non-hydrogen) atoms. The number of carbonyl (C=O) groups is 1. The maximum atomic E-state index is 11.8. The van der Waals surface area contributed by atoms with Crippen LogP contribution >= 0.6 is 0 Å². The molecular weight excluding hydrogens is 216 g/mol. The van der Waals surface area contributed by atoms with Gasteiger partial charge in [0.15, 0.2) is 0 Å². The van der Waals surface area contributed by atoms with Gasteiger partial charge < -0.3 is 9.64 Å². The fourth-order valence-electron chi connectivity index (χ4n) is 3.47. The smallest absolute Gasteiger partial charge is 0.236 e. The zero-order valence-corrected chi connectivity index (χ0v) is 10.4. The minimum Gasteiger partial charge on any atom is -0.384 e. The number of hydrogen-bond donors (Lipinski definition) is 0. The summed E-state index contributed by atoms with van der Waals surface area (Å²) in [7, 11) is 1.74. The van der Waals surface area contributed by atoms with Crippen LogP contribution in [0.4, 0.5) is 0 Å². The fraction of sp³-hybridized carbons (Fsp3) is 0.846. The van der Waals surface area contributed by atoms with Crippen LogP contribution in [0, 0.1) is 22.7 Å². The van der Waals surface area contributed by atoms with Crippen LogP contribution in [0.15, 0.2) is 0 Å². The molecule has 1 saturated carbocycles. The van der Waals surface area contributed by atoms with Gasteiger partial charge in [0, 0.05) is 25.6 Å². The third-order valence-corrected chi connectivity index (χ3v) is 4.30. The maximum absolute atomic E-state index is 11.8. The molecule has 0 aromatic rings. The number of carbonyl (C=O) groups excluding carboxylic acids is 1. The van der Waals surface area contributed by atoms with Gasteiger partial charge >= 0.3 is 0 Å². The average Bonchev–Trinajstić information content (AvgIpc) is 2.69. The normalized spacial score (nSPS) is 32.0. The SMILES string of the molecule is COC[C@@]12CCCC[C@H]1CN(C(=O)CC#N)C2. The predicted molar refractivity (Wildman–Crippen MR) is 63.1 cm³/mol. The van der Waals surface area contributed by atoms with E-state index in [1.54, 1.807) is 7.11 Å². The summed E-state index contributed by atoms with van der Waals surface area (Å²) in [5, 5.41) is 8.60. The van der Waals surface area contributed by atoms with Crippen LogP contribution < -0.4 is 0 Å². The monoisotopic (exact) mass is 236 g/mol. The maximum Gasteiger partial charge on any atom is 0.236 e. The minimum absolute atomic E-state index is 0.00970. The van der Waals surface area contributed by atoms with Crippen molar-refractivity contribution in [1.29, 1.82) is 5.26 Å². The second-order valence-corrected chi connectivity index (χ2v) is 5.35. The van der Waals surface area contributed by atoms with Crippen molar-refractivity contribution in [3.63, 3.8) is 0 Å². The standard InChI is InChI=1S/C13H20N2O2/c1-17-10-13-6-3-2-4-11(13)8-15(9-13)12(16)5-7-14/h11H,2-6,8-10H2,1H3/t11-,13-/m0/s1. The molecule has 0 aromatic heterocycles. The first-order chi connectivity index (χ1) is 8.22. The first-order valence-electron chi connectivity index (χ1n) is 6.35. The highest BCUT2D eigenvalue weighted by Crippen LogP contribution is 2.46. The quantitative estimate of drug-likeness (QED) is 0.747. The van der Waals surface area contributed by atoms with Crippen molar-refractivity contribution >= 4 is 5.91 Å². The van der Waals surface area contributed by atoms with Gasteiger partial charge in [-0.15, -0.1) is 0 Å². The summed E-state index contributed by atoms with van der Waals surface area (Å²) in [5.74, 6) is 0.552. The third kappa shape index (κ3) is 2.30. The minimum atomic E-state index is -0.0163. The van der Waals surface area contributed by atoms with Crippen molar-refractivity contribution < 1.29 is 9.53 Å². The summed E-state index contributed by atoms with van der Waals surface area (Å²) in [6, 6.07) is 1.95. The summed E-state index contributed by atoms with van der Waals surface area (Å²) in [5.41, 5.74) is 0.165. The summed E-state index contributed by atoms with van der Waals surface area (Å²) in [6.07, 6.45) is 4.86. The summed E-state index contributed by atoms with van der Waals surface area (Å²) >= 11 is 0. The Morgan fingerprint density at radius 1 is 1.59 bits per heavy atom. The van der Waals surface area contributed by atoms with Gasteiger partial charge in [-0.05, 0) is 18.8 Å². The number of amides is 1. The lowest BCUT2D eigenvalue weighted by molar-refractivity contribution is -0.129. The Hall–Kier alpha value is -1.08. The average molecular weight is 236 g/mol. The molecule has 4 heteroatoms. The summed E-state index contributed by atoms with van der Waals surface area (Å²) in [6.45, 7) is 2.35. The number of nitrogens with zero attached hydrogens (tertiary/aromatic N) is 2. The number of likely N-dealkylation sites (tertiary alicyclic amines) is 1. The van der Waals surface area contributed by atoms with Gasteiger partial charge in [-0.25, -0.2) is 0 Å². The molecule has 94 valence electrons. The first kappa shape index (κ1) is 12.4. The van der Waals surface area contributed by atoms with Crippen LogP contribution in [0.25, 0.3) is 0 Å². The molecule has 0 aromatic carbocycles. The van der Waals surface area contributed by atoms with E-state index >= 15 is 0 Å². The van der Waals surface area contributed by atoms with Gasteiger partial charge in [-0.3, -0.25) is 4.79 Å². The van der Waals surface area contributed by atoms with Crippen LogP contribution in [-0.4, -0.2) is 37.6 Å². The Morgan fingerprint density at radius 3 is 3.12 bits per heavy atom. The van der Waals surface area contributed by atoms with Crippen molar-refractivity contribution in [2.75, 3.05) is 26.8 Å². The Balaban J connectivity index is 2.08. The van der Waals surface area contributed by atoms with Crippen molar-refractivity contribution in [2.24, 2.45) is 11.3 Å². The number of hydrogen-bond acceptors (Lipinski definition) is 3. The fourth-order valence-corrected chi connectivity index (χ4v) is 3.47. The molecule has 1 heterocycles. The molecule has 1 aliphatic heterocycles. The van der Waals surface area contributed by atoms with Gasteiger partial charge in [0.25, 0.3) is 0 Å². The number of methoxy groups -OCH3 is 1. The highest BCUT2D eigenvalue weighted by atomic mass is 16.5. The Bertz CT molecular complexity index is 333. The highest BCUT2D eigenvalue weighted by molar-refractivity contribution is 5.78. The molecule has 0 radical (unpaired) electrons. The van der Waals surface area contributed by atoms with E-state index < -0.39 is 0 Å². The first-order valence-corrected chi connectivity index (χ1v) is 6.35. The Morgan fingerprint density at radius 2 is 2.41 bits per heavy atom. The topological polar surface area (TPSA) is 53.3 Å². The van der Waals surface area contributed by atoms with E-state index in [9.17, 15) is 4.79 Å². The zero-order valence-electron chi connectivity index (χ0n) is 10.4. The molecule has 0 bridgehead atoms. The van der Waals surface area contributed by atoms with Crippen LogP contribution in [-0.2, 0) is 9.53 Å². The van der Waals surface area contributed by atoms with Gasteiger partial charge in [0.2, 0.25) is 5.91 Å². The van der Waals surface area contributed by atoms with Crippen LogP contribution in [0.1, 0.15) is 32.1 Å². The molecule has 0 unspecified atom stereocenters. The van der Waals surface area contributed by atoms with E-state index in [4.69, 9.17) is 10.00 Å². The predicted octanol–water partition coefficient (Wildman–Crippen LogP) is 1.57. The second-order valence-electron chi connectivity index (χ2n) is 5.35. The highest BCUT2D eigenvalue weighted by Gasteiger charge is 2.48. The Kier molecular flexibility index (Phi) is 3.68. The molecule has 0 spiro atoms. The molecule has 2 rings (SSSR count). The van der Waals surface area contributed by atoms with Gasteiger partial charge in [0.1, 0.15) is 6.42 Å². The molecule has 2 atom stereocenters. The molecule has 2 aliphatic rings. The molecular formula is C13H20N2O2. The van der Waals surface area contributed by atoms with E-state index in [1.807, 2.05) is 11.0 Å². The lowest BCUT2D eigenvalue weighted by Crippen LogP contribution is -2.38.